The van der Waals surface area contributed by atoms with E-state index in [4.69, 9.17) is 16.7 Å². The molecule has 5 heteroatoms. The van der Waals surface area contributed by atoms with Crippen LogP contribution in [0.15, 0.2) is 24.3 Å². The van der Waals surface area contributed by atoms with Crippen LogP contribution in [0.3, 0.4) is 0 Å². The van der Waals surface area contributed by atoms with Crippen LogP contribution in [0.5, 0.6) is 0 Å². The summed E-state index contributed by atoms with van der Waals surface area (Å²) in [7, 11) is 0. The van der Waals surface area contributed by atoms with Gasteiger partial charge in [0.15, 0.2) is 0 Å². The Morgan fingerprint density at radius 1 is 1.47 bits per heavy atom. The first kappa shape index (κ1) is 15.2. The van der Waals surface area contributed by atoms with Gasteiger partial charge in [0, 0.05) is 11.1 Å². The van der Waals surface area contributed by atoms with Gasteiger partial charge in [-0.15, -0.1) is 0 Å². The molecule has 1 aromatic carbocycles. The van der Waals surface area contributed by atoms with Crippen molar-refractivity contribution in [2.45, 2.75) is 26.3 Å². The third-order valence-corrected chi connectivity index (χ3v) is 3.05. The third kappa shape index (κ3) is 4.75. The Balaban J connectivity index is 2.68. The van der Waals surface area contributed by atoms with Crippen LogP contribution in [0.4, 0.5) is 0 Å². The molecule has 0 aliphatic carbocycles. The Hall–Kier alpha value is -1.81. The maximum Gasteiger partial charge on any atom is 0.326 e. The molecule has 0 aliphatic rings. The molecule has 0 fully saturated rings. The van der Waals surface area contributed by atoms with E-state index in [0.717, 1.165) is 11.1 Å². The molecular weight excluding hydrogens is 266 g/mol. The highest BCUT2D eigenvalue weighted by atomic mass is 35.5. The molecule has 0 radical (unpaired) electrons. The van der Waals surface area contributed by atoms with Crippen molar-refractivity contribution in [1.82, 2.24) is 5.32 Å². The van der Waals surface area contributed by atoms with E-state index < -0.39 is 17.9 Å². The van der Waals surface area contributed by atoms with Gasteiger partial charge < -0.3 is 10.4 Å². The number of aryl methyl sites for hydroxylation is 1. The average molecular weight is 282 g/mol. The van der Waals surface area contributed by atoms with Crippen LogP contribution >= 0.6 is 11.6 Å². The summed E-state index contributed by atoms with van der Waals surface area (Å²) in [4.78, 5) is 22.3. The Morgan fingerprint density at radius 3 is 2.68 bits per heavy atom. The topological polar surface area (TPSA) is 66.4 Å². The Bertz CT molecular complexity index is 511. The molecule has 0 saturated heterocycles. The van der Waals surface area contributed by atoms with E-state index in [-0.39, 0.29) is 0 Å². The molecule has 1 aromatic rings. The molecule has 0 spiro atoms. The van der Waals surface area contributed by atoms with Crippen LogP contribution in [-0.4, -0.2) is 23.0 Å². The lowest BCUT2D eigenvalue weighted by atomic mass is 10.1. The van der Waals surface area contributed by atoms with Gasteiger partial charge in [0.05, 0.1) is 0 Å². The van der Waals surface area contributed by atoms with E-state index in [9.17, 15) is 9.59 Å². The number of hydrogen-bond donors (Lipinski definition) is 2. The first-order valence-corrected chi connectivity index (χ1v) is 6.29. The number of carbonyl (C=O) groups is 2. The Morgan fingerprint density at radius 2 is 2.16 bits per heavy atom. The molecule has 1 amide bonds. The van der Waals surface area contributed by atoms with Gasteiger partial charge >= 0.3 is 5.97 Å². The molecule has 0 aromatic heterocycles. The first-order chi connectivity index (χ1) is 8.93. The highest BCUT2D eigenvalue weighted by molar-refractivity contribution is 6.31. The van der Waals surface area contributed by atoms with Crippen LogP contribution in [0, 0.1) is 6.92 Å². The number of hydrogen-bond acceptors (Lipinski definition) is 2. The van der Waals surface area contributed by atoms with Crippen molar-refractivity contribution in [1.29, 1.82) is 0 Å². The maximum absolute atomic E-state index is 11.5. The number of nitrogens with one attached hydrogen (secondary N) is 1. The van der Waals surface area contributed by atoms with Crippen molar-refractivity contribution in [2.24, 2.45) is 0 Å². The van der Waals surface area contributed by atoms with Crippen molar-refractivity contribution < 1.29 is 14.7 Å². The minimum absolute atomic E-state index is 0.339. The highest BCUT2D eigenvalue weighted by Crippen LogP contribution is 2.17. The Labute approximate surface area is 117 Å². The van der Waals surface area contributed by atoms with Gasteiger partial charge in [0.2, 0.25) is 5.91 Å². The molecule has 102 valence electrons. The number of rotatable bonds is 5. The normalized spacial score (nSPS) is 12.4. The molecule has 4 nitrogen and oxygen atoms in total. The molecule has 1 rings (SSSR count). The second-order valence-electron chi connectivity index (χ2n) is 4.15. The lowest BCUT2D eigenvalue weighted by Gasteiger charge is -2.09. The summed E-state index contributed by atoms with van der Waals surface area (Å²) >= 11 is 5.97. The molecule has 0 bridgehead atoms. The zero-order chi connectivity index (χ0) is 14.4. The number of carboxylic acids is 1. The zero-order valence-electron chi connectivity index (χ0n) is 10.8. The van der Waals surface area contributed by atoms with Gasteiger partial charge in [-0.3, -0.25) is 4.79 Å². The summed E-state index contributed by atoms with van der Waals surface area (Å²) in [5.74, 6) is -1.48. The highest BCUT2D eigenvalue weighted by Gasteiger charge is 2.15. The van der Waals surface area contributed by atoms with Gasteiger partial charge in [-0.25, -0.2) is 4.79 Å². The van der Waals surface area contributed by atoms with Gasteiger partial charge in [0.1, 0.15) is 6.04 Å². The van der Waals surface area contributed by atoms with Crippen molar-refractivity contribution in [2.75, 3.05) is 0 Å². The van der Waals surface area contributed by atoms with Crippen LogP contribution in [0.25, 0.3) is 6.08 Å². The zero-order valence-corrected chi connectivity index (χ0v) is 11.6. The number of carboxylic acid groups (broad SMARTS) is 1. The number of aliphatic carboxylic acids is 1. The van der Waals surface area contributed by atoms with Crippen LogP contribution in [-0.2, 0) is 9.59 Å². The van der Waals surface area contributed by atoms with Gasteiger partial charge in [-0.1, -0.05) is 30.7 Å². The summed E-state index contributed by atoms with van der Waals surface area (Å²) in [6.07, 6.45) is 3.23. The predicted molar refractivity (Wildman–Crippen MR) is 75.1 cm³/mol. The summed E-state index contributed by atoms with van der Waals surface area (Å²) in [5.41, 5.74) is 1.74. The van der Waals surface area contributed by atoms with Crippen LogP contribution in [0.1, 0.15) is 24.5 Å². The molecule has 2 N–H and O–H groups in total. The number of carbonyl (C=O) groups excluding carboxylic acids is 1. The minimum Gasteiger partial charge on any atom is -0.480 e. The van der Waals surface area contributed by atoms with E-state index in [2.05, 4.69) is 5.32 Å². The van der Waals surface area contributed by atoms with Crippen LogP contribution in [0.2, 0.25) is 5.02 Å². The largest absolute Gasteiger partial charge is 0.480 e. The quantitative estimate of drug-likeness (QED) is 0.816. The van der Waals surface area contributed by atoms with E-state index in [1.165, 1.54) is 6.08 Å². The molecular formula is C14H16ClNO3. The first-order valence-electron chi connectivity index (χ1n) is 5.91. The van der Waals surface area contributed by atoms with Crippen molar-refractivity contribution in [3.63, 3.8) is 0 Å². The molecule has 19 heavy (non-hydrogen) atoms. The summed E-state index contributed by atoms with van der Waals surface area (Å²) < 4.78 is 0. The average Bonchev–Trinajstić information content (AvgIpc) is 2.37. The second kappa shape index (κ2) is 6.95. The van der Waals surface area contributed by atoms with E-state index in [1.54, 1.807) is 19.1 Å². The van der Waals surface area contributed by atoms with Crippen molar-refractivity contribution in [3.05, 3.63) is 40.4 Å². The van der Waals surface area contributed by atoms with E-state index in [1.807, 2.05) is 19.1 Å². The fraction of sp³-hybridized carbons (Fsp3) is 0.286. The van der Waals surface area contributed by atoms with Crippen LogP contribution < -0.4 is 5.32 Å². The fourth-order valence-corrected chi connectivity index (χ4v) is 1.63. The molecule has 0 aliphatic heterocycles. The maximum atomic E-state index is 11.5. The second-order valence-corrected chi connectivity index (χ2v) is 4.56. The smallest absolute Gasteiger partial charge is 0.326 e. The minimum atomic E-state index is -1.04. The Kier molecular flexibility index (Phi) is 5.57. The van der Waals surface area contributed by atoms with Gasteiger partial charge in [-0.05, 0) is 36.6 Å². The van der Waals surface area contributed by atoms with E-state index in [0.29, 0.717) is 11.4 Å². The standard InChI is InChI=1S/C14H16ClNO3/c1-3-12(14(18)19)16-13(17)7-6-10-5-4-9(2)11(15)8-10/h4-8,12H,3H2,1-2H3,(H,16,17)(H,18,19)/b7-6+. The lowest BCUT2D eigenvalue weighted by molar-refractivity contribution is -0.141. The van der Waals surface area contributed by atoms with Gasteiger partial charge in [0.25, 0.3) is 0 Å². The SMILES string of the molecule is CCC(NC(=O)/C=C/c1ccc(C)c(Cl)c1)C(=O)O. The monoisotopic (exact) mass is 281 g/mol. The van der Waals surface area contributed by atoms with Crippen molar-refractivity contribution in [3.8, 4) is 0 Å². The van der Waals surface area contributed by atoms with Crippen molar-refractivity contribution >= 4 is 29.6 Å². The number of halogens is 1. The molecule has 0 heterocycles. The molecule has 1 atom stereocenters. The number of amides is 1. The molecule has 1 unspecified atom stereocenters. The summed E-state index contributed by atoms with van der Waals surface area (Å²) in [6.45, 7) is 3.59. The lowest BCUT2D eigenvalue weighted by Crippen LogP contribution is -2.39. The van der Waals surface area contributed by atoms with Gasteiger partial charge in [-0.2, -0.15) is 0 Å². The van der Waals surface area contributed by atoms with E-state index >= 15 is 0 Å². The number of benzene rings is 1. The summed E-state index contributed by atoms with van der Waals surface area (Å²) in [5, 5.41) is 11.8. The summed E-state index contributed by atoms with van der Waals surface area (Å²) in [6, 6.07) is 4.57. The molecule has 0 saturated carbocycles. The third-order valence-electron chi connectivity index (χ3n) is 2.65. The predicted octanol–water partition coefficient (Wildman–Crippen LogP) is 2.64. The fourth-order valence-electron chi connectivity index (χ4n) is 1.44.